The highest BCUT2D eigenvalue weighted by atomic mass is 16.7. The number of rotatable bonds is 3. The second-order valence-electron chi connectivity index (χ2n) is 6.05. The topological polar surface area (TPSA) is 75.4 Å². The van der Waals surface area contributed by atoms with Gasteiger partial charge in [0.2, 0.25) is 0 Å². The minimum atomic E-state index is -0.598. The van der Waals surface area contributed by atoms with Crippen LogP contribution in [0.25, 0.3) is 6.08 Å². The van der Waals surface area contributed by atoms with Crippen LogP contribution in [0.5, 0.6) is 0 Å². The van der Waals surface area contributed by atoms with Gasteiger partial charge in [-0.15, -0.1) is 0 Å². The number of aliphatic hydroxyl groups excluding tert-OH is 1. The van der Waals surface area contributed by atoms with Crippen molar-refractivity contribution in [2.45, 2.75) is 38.9 Å². The first-order valence-corrected chi connectivity index (χ1v) is 6.82. The molecule has 0 saturated carbocycles. The Morgan fingerprint density at radius 3 is 2.52 bits per heavy atom. The molecule has 1 aliphatic heterocycles. The van der Waals surface area contributed by atoms with Crippen molar-refractivity contribution in [2.24, 2.45) is 0 Å². The van der Waals surface area contributed by atoms with E-state index in [4.69, 9.17) is 14.6 Å². The smallest absolute Gasteiger partial charge is 0.400 e. The second-order valence-corrected chi connectivity index (χ2v) is 6.05. The van der Waals surface area contributed by atoms with E-state index in [9.17, 15) is 5.11 Å². The monoisotopic (exact) mass is 286 g/mol. The summed E-state index contributed by atoms with van der Waals surface area (Å²) in [6.07, 6.45) is 3.33. The van der Waals surface area contributed by atoms with E-state index >= 15 is 0 Å². The van der Waals surface area contributed by atoms with Crippen LogP contribution < -0.4 is 0 Å². The van der Waals surface area contributed by atoms with Gasteiger partial charge >= 0.3 is 7.12 Å². The van der Waals surface area contributed by atoms with E-state index < -0.39 is 18.3 Å². The summed E-state index contributed by atoms with van der Waals surface area (Å²) in [5.41, 5.74) is 0.809. The molecule has 0 aromatic carbocycles. The number of pyridine rings is 1. The van der Waals surface area contributed by atoms with Crippen LogP contribution in [0.3, 0.4) is 0 Å². The Hall–Kier alpha value is -1.68. The van der Waals surface area contributed by atoms with E-state index in [2.05, 4.69) is 4.98 Å². The molecule has 0 unspecified atom stereocenters. The summed E-state index contributed by atoms with van der Waals surface area (Å²) >= 11 is 0. The number of hydrogen-bond donors (Lipinski definition) is 1. The molecule has 110 valence electrons. The lowest BCUT2D eigenvalue weighted by Crippen LogP contribution is -2.41. The van der Waals surface area contributed by atoms with Gasteiger partial charge in [0.15, 0.2) is 0 Å². The van der Waals surface area contributed by atoms with Crippen molar-refractivity contribution in [1.82, 2.24) is 4.98 Å². The number of hydrogen-bond acceptors (Lipinski definition) is 5. The summed E-state index contributed by atoms with van der Waals surface area (Å²) in [6.45, 7) is 7.66. The lowest BCUT2D eigenvalue weighted by molar-refractivity contribution is 0.00578. The molecule has 21 heavy (non-hydrogen) atoms. The number of aliphatic hydroxyl groups is 1. The summed E-state index contributed by atoms with van der Waals surface area (Å²) in [7, 11) is -0.598. The van der Waals surface area contributed by atoms with Crippen LogP contribution in [0.4, 0.5) is 0 Å². The standard InChI is InChI=1S/C15H19BN2O3/c1-14(2)15(3,4)21-16(20-14)12(10-19)7-11-5-6-18-13(8-11)9-17/h5-8,19H,10H2,1-4H3. The highest BCUT2D eigenvalue weighted by molar-refractivity contribution is 6.55. The maximum absolute atomic E-state index is 9.61. The summed E-state index contributed by atoms with van der Waals surface area (Å²) in [5.74, 6) is 0. The van der Waals surface area contributed by atoms with E-state index in [0.717, 1.165) is 5.56 Å². The van der Waals surface area contributed by atoms with E-state index in [1.165, 1.54) is 0 Å². The van der Waals surface area contributed by atoms with Crippen molar-refractivity contribution in [2.75, 3.05) is 6.61 Å². The van der Waals surface area contributed by atoms with Crippen LogP contribution in [0.15, 0.2) is 23.8 Å². The average Bonchev–Trinajstić information content (AvgIpc) is 2.65. The van der Waals surface area contributed by atoms with Gasteiger partial charge in [-0.1, -0.05) is 6.08 Å². The van der Waals surface area contributed by atoms with E-state index in [1.54, 1.807) is 24.4 Å². The van der Waals surface area contributed by atoms with E-state index in [-0.39, 0.29) is 6.61 Å². The molecule has 1 N–H and O–H groups in total. The van der Waals surface area contributed by atoms with Crippen LogP contribution in [0, 0.1) is 11.3 Å². The van der Waals surface area contributed by atoms with Crippen LogP contribution in [-0.4, -0.2) is 35.0 Å². The fraction of sp³-hybridized carbons (Fsp3) is 0.467. The van der Waals surface area contributed by atoms with Crippen molar-refractivity contribution >= 4 is 13.2 Å². The third-order valence-corrected chi connectivity index (χ3v) is 3.99. The zero-order chi connectivity index (χ0) is 15.7. The number of aromatic nitrogens is 1. The largest absolute Gasteiger partial charge is 0.492 e. The third-order valence-electron chi connectivity index (χ3n) is 3.99. The highest BCUT2D eigenvalue weighted by Gasteiger charge is 2.52. The Morgan fingerprint density at radius 2 is 2.00 bits per heavy atom. The molecular formula is C15H19BN2O3. The number of nitrogens with zero attached hydrogens (tertiary/aromatic N) is 2. The molecule has 0 atom stereocenters. The molecule has 0 radical (unpaired) electrons. The van der Waals surface area contributed by atoms with Gasteiger partial charge in [0.05, 0.1) is 17.8 Å². The molecule has 0 aliphatic carbocycles. The quantitative estimate of drug-likeness (QED) is 0.860. The molecule has 1 saturated heterocycles. The Labute approximate surface area is 125 Å². The highest BCUT2D eigenvalue weighted by Crippen LogP contribution is 2.38. The van der Waals surface area contributed by atoms with Gasteiger partial charge in [-0.25, -0.2) is 4.98 Å². The summed E-state index contributed by atoms with van der Waals surface area (Å²) in [4.78, 5) is 3.92. The van der Waals surface area contributed by atoms with E-state index in [1.807, 2.05) is 33.8 Å². The van der Waals surface area contributed by atoms with E-state index in [0.29, 0.717) is 11.2 Å². The normalized spacial score (nSPS) is 20.4. The molecule has 2 heterocycles. The van der Waals surface area contributed by atoms with Gasteiger partial charge in [0, 0.05) is 6.20 Å². The molecule has 1 fully saturated rings. The summed E-state index contributed by atoms with van der Waals surface area (Å²) in [5, 5.41) is 18.5. The molecule has 0 spiro atoms. The van der Waals surface area contributed by atoms with Crippen molar-refractivity contribution in [3.63, 3.8) is 0 Å². The SMILES string of the molecule is CC1(C)OB(C(=Cc2ccnc(C#N)c2)CO)OC1(C)C. The van der Waals surface area contributed by atoms with Crippen molar-refractivity contribution in [3.8, 4) is 6.07 Å². The molecule has 0 bridgehead atoms. The van der Waals surface area contributed by atoms with Gasteiger partial charge in [-0.2, -0.15) is 5.26 Å². The molecule has 1 aromatic rings. The average molecular weight is 286 g/mol. The van der Waals surface area contributed by atoms with Crippen LogP contribution >= 0.6 is 0 Å². The first-order valence-electron chi connectivity index (χ1n) is 6.82. The van der Waals surface area contributed by atoms with Crippen molar-refractivity contribution < 1.29 is 14.4 Å². The van der Waals surface area contributed by atoms with Crippen LogP contribution in [-0.2, 0) is 9.31 Å². The van der Waals surface area contributed by atoms with Crippen molar-refractivity contribution in [1.29, 1.82) is 5.26 Å². The minimum Gasteiger partial charge on any atom is -0.400 e. The Morgan fingerprint density at radius 1 is 1.38 bits per heavy atom. The molecule has 1 aliphatic rings. The van der Waals surface area contributed by atoms with Crippen molar-refractivity contribution in [3.05, 3.63) is 35.1 Å². The Kier molecular flexibility index (Phi) is 4.19. The molecular weight excluding hydrogens is 267 g/mol. The lowest BCUT2D eigenvalue weighted by atomic mass is 9.77. The Bertz CT molecular complexity index is 589. The zero-order valence-electron chi connectivity index (χ0n) is 12.8. The van der Waals surface area contributed by atoms with Gasteiger partial charge in [-0.05, 0) is 50.9 Å². The molecule has 6 heteroatoms. The maximum Gasteiger partial charge on any atom is 0.492 e. The Balaban J connectivity index is 2.29. The molecule has 2 rings (SSSR count). The molecule has 1 aromatic heterocycles. The van der Waals surface area contributed by atoms with Gasteiger partial charge in [0.1, 0.15) is 11.8 Å². The fourth-order valence-electron chi connectivity index (χ4n) is 1.99. The number of nitriles is 1. The van der Waals surface area contributed by atoms with Gasteiger partial charge in [0.25, 0.3) is 0 Å². The first kappa shape index (κ1) is 15.7. The first-order chi connectivity index (χ1) is 9.79. The summed E-state index contributed by atoms with van der Waals surface area (Å²) < 4.78 is 11.8. The molecule has 0 amide bonds. The molecule has 5 nitrogen and oxygen atoms in total. The van der Waals surface area contributed by atoms with Gasteiger partial charge < -0.3 is 14.4 Å². The zero-order valence-corrected chi connectivity index (χ0v) is 12.8. The second kappa shape index (κ2) is 5.61. The maximum atomic E-state index is 9.61. The summed E-state index contributed by atoms with van der Waals surface area (Å²) in [6, 6.07) is 5.41. The predicted octanol–water partition coefficient (Wildman–Crippen LogP) is 1.96. The van der Waals surface area contributed by atoms with Crippen LogP contribution in [0.2, 0.25) is 0 Å². The van der Waals surface area contributed by atoms with Crippen LogP contribution in [0.1, 0.15) is 39.0 Å². The fourth-order valence-corrected chi connectivity index (χ4v) is 1.99. The third kappa shape index (κ3) is 3.16. The van der Waals surface area contributed by atoms with Gasteiger partial charge in [-0.3, -0.25) is 0 Å². The predicted molar refractivity (Wildman–Crippen MR) is 80.1 cm³/mol. The minimum absolute atomic E-state index is 0.180. The lowest BCUT2D eigenvalue weighted by Gasteiger charge is -2.32.